The number of rotatable bonds is 8. The third-order valence-electron chi connectivity index (χ3n) is 4.25. The van der Waals surface area contributed by atoms with Crippen molar-refractivity contribution in [3.8, 4) is 0 Å². The van der Waals surface area contributed by atoms with Crippen LogP contribution in [-0.4, -0.2) is 50.8 Å². The molecule has 0 aromatic carbocycles. The van der Waals surface area contributed by atoms with Crippen LogP contribution in [0.1, 0.15) is 51.9 Å². The number of methoxy groups -OCH3 is 1. The van der Waals surface area contributed by atoms with Gasteiger partial charge in [-0.05, 0) is 19.3 Å². The van der Waals surface area contributed by atoms with Gasteiger partial charge in [-0.3, -0.25) is 0 Å². The number of ether oxygens (including phenoxy) is 1. The van der Waals surface area contributed by atoms with E-state index >= 15 is 0 Å². The minimum absolute atomic E-state index is 0.0469. The van der Waals surface area contributed by atoms with Gasteiger partial charge in [-0.1, -0.05) is 32.6 Å². The van der Waals surface area contributed by atoms with Crippen LogP contribution in [0.2, 0.25) is 0 Å². The zero-order valence-corrected chi connectivity index (χ0v) is 13.8. The molecule has 0 saturated heterocycles. The summed E-state index contributed by atoms with van der Waals surface area (Å²) < 4.78 is 31.9. The molecule has 1 rings (SSSR count). The van der Waals surface area contributed by atoms with Gasteiger partial charge in [-0.15, -0.1) is 0 Å². The van der Waals surface area contributed by atoms with Gasteiger partial charge in [-0.25, -0.2) is 8.42 Å². The molecule has 0 aromatic rings. The molecule has 0 spiro atoms. The lowest BCUT2D eigenvalue weighted by Crippen LogP contribution is -2.57. The summed E-state index contributed by atoms with van der Waals surface area (Å²) in [7, 11) is -1.77. The average Bonchev–Trinajstić information content (AvgIpc) is 2.68. The molecule has 1 fully saturated rings. The molecule has 0 bridgehead atoms. The summed E-state index contributed by atoms with van der Waals surface area (Å²) in [6, 6.07) is 0. The fourth-order valence-electron chi connectivity index (χ4n) is 3.12. The standard InChI is InChI=1S/C14H30N2O3S/c1-3-10-16(20(17,18)12-11-19-2)14(13-15)8-6-4-5-7-9-14/h3-13,15H2,1-2H3. The van der Waals surface area contributed by atoms with Gasteiger partial charge in [0.25, 0.3) is 0 Å². The van der Waals surface area contributed by atoms with E-state index < -0.39 is 10.0 Å². The van der Waals surface area contributed by atoms with Crippen molar-refractivity contribution in [2.24, 2.45) is 5.73 Å². The van der Waals surface area contributed by atoms with Gasteiger partial charge >= 0.3 is 0 Å². The van der Waals surface area contributed by atoms with E-state index in [4.69, 9.17) is 10.5 Å². The fourth-order valence-corrected chi connectivity index (χ4v) is 5.02. The maximum Gasteiger partial charge on any atom is 0.216 e. The van der Waals surface area contributed by atoms with E-state index in [9.17, 15) is 8.42 Å². The predicted octanol–water partition coefficient (Wildman–Crippen LogP) is 1.73. The summed E-state index contributed by atoms with van der Waals surface area (Å²) in [4.78, 5) is 0. The Morgan fingerprint density at radius 3 is 2.25 bits per heavy atom. The SMILES string of the molecule is CCCN(C1(CN)CCCCCC1)S(=O)(=O)CCOC. The van der Waals surface area contributed by atoms with Crippen LogP contribution < -0.4 is 5.73 Å². The summed E-state index contributed by atoms with van der Waals surface area (Å²) in [6.07, 6.45) is 7.08. The molecule has 0 amide bonds. The Labute approximate surface area is 123 Å². The monoisotopic (exact) mass is 306 g/mol. The molecule has 20 heavy (non-hydrogen) atoms. The Kier molecular flexibility index (Phi) is 7.43. The Morgan fingerprint density at radius 1 is 1.20 bits per heavy atom. The summed E-state index contributed by atoms with van der Waals surface area (Å²) in [6.45, 7) is 3.23. The number of hydrogen-bond acceptors (Lipinski definition) is 4. The summed E-state index contributed by atoms with van der Waals surface area (Å²) >= 11 is 0. The summed E-state index contributed by atoms with van der Waals surface area (Å²) in [5, 5.41) is 0. The number of sulfonamides is 1. The molecule has 6 heteroatoms. The van der Waals surface area contributed by atoms with E-state index in [-0.39, 0.29) is 17.9 Å². The predicted molar refractivity (Wildman–Crippen MR) is 82.1 cm³/mol. The zero-order valence-electron chi connectivity index (χ0n) is 12.9. The number of hydrogen-bond donors (Lipinski definition) is 1. The molecule has 1 aliphatic carbocycles. The van der Waals surface area contributed by atoms with E-state index in [0.717, 1.165) is 32.1 Å². The topological polar surface area (TPSA) is 72.6 Å². The van der Waals surface area contributed by atoms with E-state index in [1.54, 1.807) is 4.31 Å². The van der Waals surface area contributed by atoms with Crippen LogP contribution in [0.25, 0.3) is 0 Å². The fraction of sp³-hybridized carbons (Fsp3) is 1.00. The highest BCUT2D eigenvalue weighted by Gasteiger charge is 2.41. The first-order valence-corrected chi connectivity index (χ1v) is 9.33. The average molecular weight is 306 g/mol. The highest BCUT2D eigenvalue weighted by Crippen LogP contribution is 2.34. The van der Waals surface area contributed by atoms with Gasteiger partial charge in [0.15, 0.2) is 0 Å². The second-order valence-electron chi connectivity index (χ2n) is 5.72. The third kappa shape index (κ3) is 4.41. The maximum atomic E-state index is 12.6. The molecule has 2 N–H and O–H groups in total. The van der Waals surface area contributed by atoms with E-state index in [0.29, 0.717) is 13.1 Å². The van der Waals surface area contributed by atoms with Crippen LogP contribution >= 0.6 is 0 Å². The van der Waals surface area contributed by atoms with E-state index in [1.165, 1.54) is 20.0 Å². The lowest BCUT2D eigenvalue weighted by atomic mass is 9.90. The Hall–Kier alpha value is -0.170. The molecule has 0 radical (unpaired) electrons. The van der Waals surface area contributed by atoms with Gasteiger partial charge in [0.2, 0.25) is 10.0 Å². The minimum Gasteiger partial charge on any atom is -0.384 e. The quantitative estimate of drug-likeness (QED) is 0.693. The first-order chi connectivity index (χ1) is 9.52. The van der Waals surface area contributed by atoms with Gasteiger partial charge in [0.05, 0.1) is 12.4 Å². The van der Waals surface area contributed by atoms with Crippen molar-refractivity contribution >= 4 is 10.0 Å². The largest absolute Gasteiger partial charge is 0.384 e. The molecular weight excluding hydrogens is 276 g/mol. The van der Waals surface area contributed by atoms with Crippen LogP contribution in [0, 0.1) is 0 Å². The smallest absolute Gasteiger partial charge is 0.216 e. The van der Waals surface area contributed by atoms with Crippen molar-refractivity contribution in [1.82, 2.24) is 4.31 Å². The Bertz CT molecular complexity index is 363. The van der Waals surface area contributed by atoms with Crippen molar-refractivity contribution in [1.29, 1.82) is 0 Å². The molecule has 0 unspecified atom stereocenters. The Balaban J connectivity index is 3.01. The third-order valence-corrected chi connectivity index (χ3v) is 6.18. The summed E-state index contributed by atoms with van der Waals surface area (Å²) in [5.41, 5.74) is 5.65. The van der Waals surface area contributed by atoms with Crippen LogP contribution in [-0.2, 0) is 14.8 Å². The molecule has 0 atom stereocenters. The van der Waals surface area contributed by atoms with Crippen LogP contribution in [0.4, 0.5) is 0 Å². The molecule has 1 aliphatic rings. The first-order valence-electron chi connectivity index (χ1n) is 7.72. The van der Waals surface area contributed by atoms with Gasteiger partial charge in [0, 0.05) is 25.7 Å². The molecule has 0 aliphatic heterocycles. The van der Waals surface area contributed by atoms with Crippen molar-refractivity contribution < 1.29 is 13.2 Å². The van der Waals surface area contributed by atoms with Crippen LogP contribution in [0.5, 0.6) is 0 Å². The number of nitrogens with zero attached hydrogens (tertiary/aromatic N) is 1. The van der Waals surface area contributed by atoms with Gasteiger partial charge in [0.1, 0.15) is 0 Å². The molecule has 0 aromatic heterocycles. The molecule has 1 saturated carbocycles. The van der Waals surface area contributed by atoms with E-state index in [2.05, 4.69) is 0 Å². The van der Waals surface area contributed by atoms with Gasteiger partial charge in [-0.2, -0.15) is 4.31 Å². The minimum atomic E-state index is -3.30. The molecular formula is C14H30N2O3S. The Morgan fingerprint density at radius 2 is 1.80 bits per heavy atom. The normalized spacial score (nSPS) is 20.0. The second kappa shape index (κ2) is 8.32. The van der Waals surface area contributed by atoms with Crippen molar-refractivity contribution in [3.63, 3.8) is 0 Å². The lowest BCUT2D eigenvalue weighted by Gasteiger charge is -2.42. The highest BCUT2D eigenvalue weighted by atomic mass is 32.2. The highest BCUT2D eigenvalue weighted by molar-refractivity contribution is 7.89. The zero-order chi connectivity index (χ0) is 15.1. The van der Waals surface area contributed by atoms with Gasteiger partial charge < -0.3 is 10.5 Å². The van der Waals surface area contributed by atoms with Crippen LogP contribution in [0.15, 0.2) is 0 Å². The van der Waals surface area contributed by atoms with Crippen molar-refractivity contribution in [2.75, 3.05) is 32.6 Å². The van der Waals surface area contributed by atoms with Crippen LogP contribution in [0.3, 0.4) is 0 Å². The van der Waals surface area contributed by atoms with E-state index in [1.807, 2.05) is 6.92 Å². The molecule has 5 nitrogen and oxygen atoms in total. The molecule has 0 heterocycles. The second-order valence-corrected chi connectivity index (χ2v) is 7.74. The van der Waals surface area contributed by atoms with Crippen molar-refractivity contribution in [3.05, 3.63) is 0 Å². The van der Waals surface area contributed by atoms with Crippen molar-refractivity contribution in [2.45, 2.75) is 57.4 Å². The number of nitrogens with two attached hydrogens (primary N) is 1. The lowest BCUT2D eigenvalue weighted by molar-refractivity contribution is 0.163. The maximum absolute atomic E-state index is 12.6. The molecule has 120 valence electrons. The first kappa shape index (κ1) is 17.9. The summed E-state index contributed by atoms with van der Waals surface area (Å²) in [5.74, 6) is 0.0469.